The summed E-state index contributed by atoms with van der Waals surface area (Å²) >= 11 is 0. The Bertz CT molecular complexity index is 602. The molecule has 0 aliphatic heterocycles. The van der Waals surface area contributed by atoms with Crippen molar-refractivity contribution in [1.29, 1.82) is 0 Å². The number of carbonyl (C=O) groups is 1. The van der Waals surface area contributed by atoms with Gasteiger partial charge in [0.05, 0.1) is 17.5 Å². The third kappa shape index (κ3) is 2.90. The topological polar surface area (TPSA) is 55.1 Å². The summed E-state index contributed by atoms with van der Waals surface area (Å²) in [6.45, 7) is 6.62. The molecule has 1 aromatic heterocycles. The minimum Gasteiger partial charge on any atom is -0.385 e. The summed E-state index contributed by atoms with van der Waals surface area (Å²) in [6.07, 6.45) is 0.257. The van der Waals surface area contributed by atoms with Gasteiger partial charge in [0.1, 0.15) is 11.9 Å². The van der Waals surface area contributed by atoms with E-state index in [4.69, 9.17) is 0 Å². The minimum atomic E-state index is -0.912. The maximum Gasteiger partial charge on any atom is 0.169 e. The molecule has 4 heteroatoms. The number of ketones is 1. The van der Waals surface area contributed by atoms with Crippen molar-refractivity contribution >= 4 is 16.8 Å². The Hall–Kier alpha value is -1.68. The highest BCUT2D eigenvalue weighted by atomic mass is 16.3. The van der Waals surface area contributed by atoms with Crippen LogP contribution in [0, 0.1) is 5.92 Å². The van der Waals surface area contributed by atoms with Crippen LogP contribution in [0.4, 0.5) is 0 Å². The maximum absolute atomic E-state index is 12.1. The highest BCUT2D eigenvalue weighted by Gasteiger charge is 2.21. The van der Waals surface area contributed by atoms with Gasteiger partial charge in [-0.2, -0.15) is 0 Å². The molecule has 2 aromatic rings. The molecule has 0 aliphatic rings. The van der Waals surface area contributed by atoms with Gasteiger partial charge in [0.25, 0.3) is 0 Å². The molecule has 4 nitrogen and oxygen atoms in total. The van der Waals surface area contributed by atoms with Crippen LogP contribution in [0.5, 0.6) is 0 Å². The number of aliphatic hydroxyl groups is 1. The van der Waals surface area contributed by atoms with Gasteiger partial charge < -0.3 is 9.67 Å². The third-order valence-electron chi connectivity index (χ3n) is 3.47. The van der Waals surface area contributed by atoms with E-state index in [0.717, 1.165) is 29.8 Å². The first-order valence-electron chi connectivity index (χ1n) is 7.19. The van der Waals surface area contributed by atoms with Gasteiger partial charge in [-0.15, -0.1) is 0 Å². The van der Waals surface area contributed by atoms with E-state index >= 15 is 0 Å². The van der Waals surface area contributed by atoms with Crippen LogP contribution in [0.15, 0.2) is 24.3 Å². The van der Waals surface area contributed by atoms with E-state index in [1.165, 1.54) is 0 Å². The number of carbonyl (C=O) groups excluding carboxylic acids is 1. The van der Waals surface area contributed by atoms with Crippen LogP contribution < -0.4 is 0 Å². The summed E-state index contributed by atoms with van der Waals surface area (Å²) in [6, 6.07) is 7.89. The smallest absolute Gasteiger partial charge is 0.169 e. The molecule has 20 heavy (non-hydrogen) atoms. The lowest BCUT2D eigenvalue weighted by atomic mass is 10.0. The van der Waals surface area contributed by atoms with E-state index in [-0.39, 0.29) is 18.1 Å². The minimum absolute atomic E-state index is 0.0634. The van der Waals surface area contributed by atoms with Crippen molar-refractivity contribution in [2.75, 3.05) is 0 Å². The molecule has 1 heterocycles. The van der Waals surface area contributed by atoms with Gasteiger partial charge >= 0.3 is 0 Å². The van der Waals surface area contributed by atoms with E-state index in [0.29, 0.717) is 0 Å². The quantitative estimate of drug-likeness (QED) is 0.881. The summed E-state index contributed by atoms with van der Waals surface area (Å²) in [4.78, 5) is 16.6. The second kappa shape index (κ2) is 6.18. The van der Waals surface area contributed by atoms with Crippen LogP contribution >= 0.6 is 0 Å². The third-order valence-corrected chi connectivity index (χ3v) is 3.47. The van der Waals surface area contributed by atoms with Gasteiger partial charge in [0.15, 0.2) is 5.78 Å². The average Bonchev–Trinajstić information content (AvgIpc) is 2.76. The summed E-state index contributed by atoms with van der Waals surface area (Å²) in [5, 5.41) is 9.87. The number of fused-ring (bicyclic) bond motifs is 1. The Morgan fingerprint density at radius 1 is 1.35 bits per heavy atom. The summed E-state index contributed by atoms with van der Waals surface area (Å²) in [7, 11) is 0. The lowest BCUT2D eigenvalue weighted by Crippen LogP contribution is -2.28. The van der Waals surface area contributed by atoms with E-state index in [1.807, 2.05) is 38.1 Å². The van der Waals surface area contributed by atoms with Gasteiger partial charge in [-0.05, 0) is 24.5 Å². The van der Waals surface area contributed by atoms with Crippen LogP contribution in [0.25, 0.3) is 11.0 Å². The first-order chi connectivity index (χ1) is 9.54. The largest absolute Gasteiger partial charge is 0.385 e. The van der Waals surface area contributed by atoms with Crippen LogP contribution in [0.2, 0.25) is 0 Å². The van der Waals surface area contributed by atoms with Crippen molar-refractivity contribution in [1.82, 2.24) is 9.55 Å². The van der Waals surface area contributed by atoms with Crippen molar-refractivity contribution in [2.45, 2.75) is 46.3 Å². The molecule has 2 rings (SSSR count). The molecule has 0 aliphatic carbocycles. The molecule has 0 bridgehead atoms. The van der Waals surface area contributed by atoms with E-state index < -0.39 is 6.10 Å². The average molecular weight is 274 g/mol. The fraction of sp³-hybridized carbons (Fsp3) is 0.500. The molecule has 1 aromatic carbocycles. The Morgan fingerprint density at radius 3 is 2.70 bits per heavy atom. The fourth-order valence-corrected chi connectivity index (χ4v) is 2.37. The van der Waals surface area contributed by atoms with E-state index in [2.05, 4.69) is 16.5 Å². The number of Topliss-reactive ketones (excluding diaryl/α,β-unsaturated/α-hetero) is 1. The molecule has 108 valence electrons. The molecule has 0 amide bonds. The van der Waals surface area contributed by atoms with Crippen LogP contribution in [-0.4, -0.2) is 26.5 Å². The number of hydrogen-bond donors (Lipinski definition) is 1. The Kier molecular flexibility index (Phi) is 4.55. The zero-order valence-electron chi connectivity index (χ0n) is 12.3. The molecule has 0 fully saturated rings. The van der Waals surface area contributed by atoms with Gasteiger partial charge in [-0.25, -0.2) is 4.98 Å². The standard InChI is InChI=1S/C16H22N2O2/c1-4-9-18-13-8-6-5-7-12(13)17-15(18)10-14(19)16(20)11(2)3/h5-8,11,16,20H,4,9-10H2,1-3H3. The molecule has 0 radical (unpaired) electrons. The zero-order valence-corrected chi connectivity index (χ0v) is 12.3. The maximum atomic E-state index is 12.1. The molecule has 1 N–H and O–H groups in total. The van der Waals surface area contributed by atoms with E-state index in [9.17, 15) is 9.90 Å². The number of rotatable bonds is 6. The van der Waals surface area contributed by atoms with Crippen LogP contribution in [0.1, 0.15) is 33.0 Å². The van der Waals surface area contributed by atoms with E-state index in [1.54, 1.807) is 0 Å². The van der Waals surface area contributed by atoms with Crippen LogP contribution in [0.3, 0.4) is 0 Å². The van der Waals surface area contributed by atoms with Gasteiger partial charge in [-0.3, -0.25) is 4.79 Å². The number of aryl methyl sites for hydroxylation is 1. The normalized spacial score (nSPS) is 13.1. The van der Waals surface area contributed by atoms with Crippen molar-refractivity contribution in [3.63, 3.8) is 0 Å². The van der Waals surface area contributed by atoms with Gasteiger partial charge in [0.2, 0.25) is 0 Å². The number of hydrogen-bond acceptors (Lipinski definition) is 3. The molecule has 1 unspecified atom stereocenters. The second-order valence-electron chi connectivity index (χ2n) is 5.50. The zero-order chi connectivity index (χ0) is 14.7. The number of nitrogens with zero attached hydrogens (tertiary/aromatic N) is 2. The molecule has 1 atom stereocenters. The van der Waals surface area contributed by atoms with Crippen molar-refractivity contribution < 1.29 is 9.90 Å². The summed E-state index contributed by atoms with van der Waals surface area (Å²) in [5.41, 5.74) is 1.96. The fourth-order valence-electron chi connectivity index (χ4n) is 2.37. The second-order valence-corrected chi connectivity index (χ2v) is 5.50. The molecular formula is C16H22N2O2. The monoisotopic (exact) mass is 274 g/mol. The first-order valence-corrected chi connectivity index (χ1v) is 7.19. The molecule has 0 saturated carbocycles. The molecule has 0 saturated heterocycles. The Balaban J connectivity index is 2.33. The number of aliphatic hydroxyl groups excluding tert-OH is 1. The Labute approximate surface area is 119 Å². The number of imidazole rings is 1. The van der Waals surface area contributed by atoms with Gasteiger partial charge in [0, 0.05) is 6.54 Å². The summed E-state index contributed by atoms with van der Waals surface area (Å²) < 4.78 is 2.08. The van der Waals surface area contributed by atoms with Crippen molar-refractivity contribution in [3.8, 4) is 0 Å². The highest BCUT2D eigenvalue weighted by Crippen LogP contribution is 2.18. The highest BCUT2D eigenvalue weighted by molar-refractivity contribution is 5.86. The number of para-hydroxylation sites is 2. The van der Waals surface area contributed by atoms with Crippen molar-refractivity contribution in [2.24, 2.45) is 5.92 Å². The lowest BCUT2D eigenvalue weighted by molar-refractivity contribution is -0.128. The molecular weight excluding hydrogens is 252 g/mol. The van der Waals surface area contributed by atoms with Crippen LogP contribution in [-0.2, 0) is 17.8 Å². The predicted molar refractivity (Wildman–Crippen MR) is 79.6 cm³/mol. The Morgan fingerprint density at radius 2 is 2.05 bits per heavy atom. The van der Waals surface area contributed by atoms with Crippen molar-refractivity contribution in [3.05, 3.63) is 30.1 Å². The lowest BCUT2D eigenvalue weighted by Gasteiger charge is -2.13. The van der Waals surface area contributed by atoms with Gasteiger partial charge in [-0.1, -0.05) is 32.9 Å². The number of benzene rings is 1. The SMILES string of the molecule is CCCn1c(CC(=O)C(O)C(C)C)nc2ccccc21. The first kappa shape index (κ1) is 14.7. The predicted octanol–water partition coefficient (Wildman–Crippen LogP) is 2.57. The molecule has 0 spiro atoms. The number of aromatic nitrogens is 2. The summed E-state index contributed by atoms with van der Waals surface area (Å²) in [5.74, 6) is 0.525.